The number of amides is 3. The van der Waals surface area contributed by atoms with Crippen LogP contribution in [0.4, 0.5) is 0 Å². The van der Waals surface area contributed by atoms with E-state index in [2.05, 4.69) is 10.7 Å². The molecule has 1 aromatic heterocycles. The van der Waals surface area contributed by atoms with Gasteiger partial charge in [-0.05, 0) is 44.2 Å². The van der Waals surface area contributed by atoms with Crippen molar-refractivity contribution in [3.63, 3.8) is 0 Å². The molecule has 3 N–H and O–H groups in total. The number of hydrogen-bond donors (Lipinski definition) is 3. The molecule has 1 aromatic carbocycles. The first-order valence-corrected chi connectivity index (χ1v) is 8.00. The lowest BCUT2D eigenvalue weighted by molar-refractivity contribution is -0.139. The predicted molar refractivity (Wildman–Crippen MR) is 93.1 cm³/mol. The number of nitrogens with one attached hydrogen (secondary N) is 3. The van der Waals surface area contributed by atoms with Crippen molar-refractivity contribution in [2.75, 3.05) is 0 Å². The summed E-state index contributed by atoms with van der Waals surface area (Å²) in [6.45, 7) is 3.41. The van der Waals surface area contributed by atoms with Gasteiger partial charge in [0.1, 0.15) is 5.76 Å². The van der Waals surface area contributed by atoms with Crippen LogP contribution in [0.2, 0.25) is 10.0 Å². The van der Waals surface area contributed by atoms with E-state index in [-0.39, 0.29) is 11.8 Å². The number of carbonyl (C=O) groups excluding carboxylic acids is 3. The molecule has 2 rings (SSSR count). The van der Waals surface area contributed by atoms with Crippen LogP contribution in [0.5, 0.6) is 0 Å². The third-order valence-electron chi connectivity index (χ3n) is 2.94. The summed E-state index contributed by atoms with van der Waals surface area (Å²) in [6.07, 6.45) is 0. The SMILES string of the molecule is CC(C)NC(=O)C(=O)NNC(=O)c1ccc(-c2cc(Cl)ccc2Cl)o1. The molecule has 3 amide bonds. The van der Waals surface area contributed by atoms with Gasteiger partial charge in [0.15, 0.2) is 5.76 Å². The average molecular weight is 384 g/mol. The van der Waals surface area contributed by atoms with Crippen molar-refractivity contribution < 1.29 is 18.8 Å². The van der Waals surface area contributed by atoms with Crippen LogP contribution in [0.25, 0.3) is 11.3 Å². The first-order chi connectivity index (χ1) is 11.8. The van der Waals surface area contributed by atoms with E-state index in [0.717, 1.165) is 0 Å². The van der Waals surface area contributed by atoms with Crippen LogP contribution in [-0.4, -0.2) is 23.8 Å². The highest BCUT2D eigenvalue weighted by molar-refractivity contribution is 6.35. The Morgan fingerprint density at radius 3 is 2.40 bits per heavy atom. The van der Waals surface area contributed by atoms with E-state index in [1.165, 1.54) is 6.07 Å². The summed E-state index contributed by atoms with van der Waals surface area (Å²) in [5.74, 6) is -2.32. The summed E-state index contributed by atoms with van der Waals surface area (Å²) in [6, 6.07) is 7.57. The largest absolute Gasteiger partial charge is 0.451 e. The Kier molecular flexibility index (Phi) is 6.06. The second-order valence-corrected chi connectivity index (χ2v) is 6.17. The maximum absolute atomic E-state index is 12.0. The molecule has 0 saturated heterocycles. The lowest BCUT2D eigenvalue weighted by Gasteiger charge is -2.08. The molecule has 0 aliphatic carbocycles. The van der Waals surface area contributed by atoms with Gasteiger partial charge in [-0.25, -0.2) is 0 Å². The Morgan fingerprint density at radius 2 is 1.72 bits per heavy atom. The van der Waals surface area contributed by atoms with Gasteiger partial charge >= 0.3 is 17.7 Å². The summed E-state index contributed by atoms with van der Waals surface area (Å²) in [5, 5.41) is 3.26. The van der Waals surface area contributed by atoms with E-state index in [1.54, 1.807) is 38.1 Å². The third-order valence-corrected chi connectivity index (χ3v) is 3.50. The van der Waals surface area contributed by atoms with Gasteiger partial charge in [0.25, 0.3) is 0 Å². The molecule has 7 nitrogen and oxygen atoms in total. The number of hydrogen-bond acceptors (Lipinski definition) is 4. The molecule has 132 valence electrons. The molecule has 1 heterocycles. The number of benzene rings is 1. The van der Waals surface area contributed by atoms with Crippen LogP contribution < -0.4 is 16.2 Å². The second-order valence-electron chi connectivity index (χ2n) is 5.32. The van der Waals surface area contributed by atoms with Gasteiger partial charge in [-0.2, -0.15) is 0 Å². The minimum absolute atomic E-state index is 0.0735. The van der Waals surface area contributed by atoms with Crippen molar-refractivity contribution in [3.8, 4) is 11.3 Å². The first kappa shape index (κ1) is 18.8. The number of hydrazine groups is 1. The van der Waals surface area contributed by atoms with Crippen LogP contribution >= 0.6 is 23.2 Å². The Hall–Kier alpha value is -2.51. The van der Waals surface area contributed by atoms with Gasteiger partial charge in [-0.1, -0.05) is 23.2 Å². The molecular weight excluding hydrogens is 369 g/mol. The predicted octanol–water partition coefficient (Wildman–Crippen LogP) is 2.54. The van der Waals surface area contributed by atoms with Crippen molar-refractivity contribution >= 4 is 40.9 Å². The van der Waals surface area contributed by atoms with Crippen LogP contribution in [0.15, 0.2) is 34.7 Å². The zero-order valence-corrected chi connectivity index (χ0v) is 14.9. The Morgan fingerprint density at radius 1 is 1.00 bits per heavy atom. The number of rotatable bonds is 3. The highest BCUT2D eigenvalue weighted by atomic mass is 35.5. The van der Waals surface area contributed by atoms with Crippen molar-refractivity contribution in [1.29, 1.82) is 0 Å². The lowest BCUT2D eigenvalue weighted by Crippen LogP contribution is -2.49. The molecule has 0 radical (unpaired) electrons. The lowest BCUT2D eigenvalue weighted by atomic mass is 10.2. The first-order valence-electron chi connectivity index (χ1n) is 7.24. The molecule has 0 bridgehead atoms. The Bertz CT molecular complexity index is 817. The highest BCUT2D eigenvalue weighted by Crippen LogP contribution is 2.31. The molecule has 0 fully saturated rings. The quantitative estimate of drug-likeness (QED) is 0.559. The second kappa shape index (κ2) is 8.04. The summed E-state index contributed by atoms with van der Waals surface area (Å²) in [4.78, 5) is 34.9. The van der Waals surface area contributed by atoms with Gasteiger partial charge in [-0.3, -0.25) is 25.2 Å². The molecule has 25 heavy (non-hydrogen) atoms. The number of halogens is 2. The minimum atomic E-state index is -0.994. The molecular formula is C16H15Cl2N3O4. The van der Waals surface area contributed by atoms with Gasteiger partial charge < -0.3 is 9.73 Å². The fraction of sp³-hybridized carbons (Fsp3) is 0.188. The Labute approximate surface area is 153 Å². The zero-order chi connectivity index (χ0) is 18.6. The van der Waals surface area contributed by atoms with E-state index >= 15 is 0 Å². The topological polar surface area (TPSA) is 100 Å². The summed E-state index contributed by atoms with van der Waals surface area (Å²) < 4.78 is 5.42. The van der Waals surface area contributed by atoms with Gasteiger partial charge in [-0.15, -0.1) is 0 Å². The van der Waals surface area contributed by atoms with Crippen LogP contribution in [0, 0.1) is 0 Å². The molecule has 0 saturated carbocycles. The highest BCUT2D eigenvalue weighted by Gasteiger charge is 2.18. The van der Waals surface area contributed by atoms with Crippen LogP contribution in [0.1, 0.15) is 24.4 Å². The molecule has 0 aliphatic rings. The summed E-state index contributed by atoms with van der Waals surface area (Å²) in [7, 11) is 0. The van der Waals surface area contributed by atoms with E-state index < -0.39 is 17.7 Å². The average Bonchev–Trinajstić information content (AvgIpc) is 3.03. The van der Waals surface area contributed by atoms with Crippen molar-refractivity contribution in [2.45, 2.75) is 19.9 Å². The zero-order valence-electron chi connectivity index (χ0n) is 13.4. The smallest absolute Gasteiger partial charge is 0.327 e. The molecule has 0 atom stereocenters. The van der Waals surface area contributed by atoms with Crippen molar-refractivity contribution in [1.82, 2.24) is 16.2 Å². The van der Waals surface area contributed by atoms with Gasteiger partial charge in [0.2, 0.25) is 0 Å². The minimum Gasteiger partial charge on any atom is -0.451 e. The van der Waals surface area contributed by atoms with E-state index in [1.807, 2.05) is 5.43 Å². The molecule has 9 heteroatoms. The fourth-order valence-electron chi connectivity index (χ4n) is 1.85. The number of carbonyl (C=O) groups is 3. The molecule has 0 unspecified atom stereocenters. The van der Waals surface area contributed by atoms with Gasteiger partial charge in [0, 0.05) is 16.6 Å². The monoisotopic (exact) mass is 383 g/mol. The molecule has 0 aliphatic heterocycles. The third kappa shape index (κ3) is 4.98. The number of furan rings is 1. The van der Waals surface area contributed by atoms with E-state index in [0.29, 0.717) is 21.4 Å². The normalized spacial score (nSPS) is 10.4. The van der Waals surface area contributed by atoms with Crippen LogP contribution in [0.3, 0.4) is 0 Å². The van der Waals surface area contributed by atoms with E-state index in [9.17, 15) is 14.4 Å². The summed E-state index contributed by atoms with van der Waals surface area (Å²) in [5.41, 5.74) is 4.61. The standard InChI is InChI=1S/C16H15Cl2N3O4/c1-8(2)19-15(23)16(24)21-20-14(22)13-6-5-12(25-13)10-7-9(17)3-4-11(10)18/h3-8H,1-2H3,(H,19,23)(H,20,22)(H,21,24). The van der Waals surface area contributed by atoms with E-state index in [4.69, 9.17) is 27.6 Å². The molecule has 0 spiro atoms. The van der Waals surface area contributed by atoms with Crippen molar-refractivity contribution in [2.24, 2.45) is 0 Å². The van der Waals surface area contributed by atoms with Gasteiger partial charge in [0.05, 0.1) is 5.02 Å². The van der Waals surface area contributed by atoms with Crippen molar-refractivity contribution in [3.05, 3.63) is 46.1 Å². The Balaban J connectivity index is 2.02. The fourth-order valence-corrected chi connectivity index (χ4v) is 2.23. The maximum Gasteiger partial charge on any atom is 0.327 e. The summed E-state index contributed by atoms with van der Waals surface area (Å²) >= 11 is 12.0. The molecule has 2 aromatic rings. The maximum atomic E-state index is 12.0. The van der Waals surface area contributed by atoms with Crippen LogP contribution in [-0.2, 0) is 9.59 Å².